The van der Waals surface area contributed by atoms with Crippen LogP contribution in [0.2, 0.25) is 5.02 Å². The number of hydrogen-bond acceptors (Lipinski definition) is 5. The molecule has 0 unspecified atom stereocenters. The van der Waals surface area contributed by atoms with E-state index in [4.69, 9.17) is 25.5 Å². The molecule has 0 aliphatic heterocycles. The molecule has 22 heavy (non-hydrogen) atoms. The lowest BCUT2D eigenvalue weighted by Gasteiger charge is -2.06. The minimum absolute atomic E-state index is 0.199. The number of aromatic nitrogens is 1. The summed E-state index contributed by atoms with van der Waals surface area (Å²) in [4.78, 5) is 15.9. The van der Waals surface area contributed by atoms with Crippen LogP contribution in [-0.4, -0.2) is 17.6 Å². The highest BCUT2D eigenvalue weighted by Crippen LogP contribution is 2.21. The number of esters is 1. The molecule has 0 radical (unpaired) electrons. The van der Waals surface area contributed by atoms with Gasteiger partial charge in [0.2, 0.25) is 0 Å². The number of nitrogens with zero attached hydrogens (tertiary/aromatic N) is 1. The molecule has 0 bridgehead atoms. The van der Waals surface area contributed by atoms with Crippen LogP contribution in [-0.2, 0) is 4.79 Å². The van der Waals surface area contributed by atoms with Crippen LogP contribution >= 0.6 is 11.6 Å². The van der Waals surface area contributed by atoms with Gasteiger partial charge in [-0.15, -0.1) is 0 Å². The third-order valence-electron chi connectivity index (χ3n) is 2.87. The molecule has 0 aliphatic carbocycles. The molecule has 0 N–H and O–H groups in total. The molecule has 1 aromatic heterocycles. The van der Waals surface area contributed by atoms with Crippen LogP contribution in [0.5, 0.6) is 11.5 Å². The van der Waals surface area contributed by atoms with Crippen LogP contribution in [0.25, 0.3) is 11.1 Å². The van der Waals surface area contributed by atoms with Gasteiger partial charge in [0.05, 0.1) is 0 Å². The molecule has 0 saturated heterocycles. The van der Waals surface area contributed by atoms with Gasteiger partial charge in [-0.2, -0.15) is 0 Å². The van der Waals surface area contributed by atoms with Crippen LogP contribution in [0.3, 0.4) is 0 Å². The fourth-order valence-electron chi connectivity index (χ4n) is 1.92. The number of aryl methyl sites for hydroxylation is 1. The maximum absolute atomic E-state index is 11.8. The minimum Gasteiger partial charge on any atom is -0.482 e. The Kier molecular flexibility index (Phi) is 3.98. The van der Waals surface area contributed by atoms with E-state index in [2.05, 4.69) is 4.98 Å². The number of carbonyl (C=O) groups is 1. The highest BCUT2D eigenvalue weighted by molar-refractivity contribution is 6.30. The second-order valence-electron chi connectivity index (χ2n) is 4.58. The Balaban J connectivity index is 1.61. The number of hydrogen-bond donors (Lipinski definition) is 0. The van der Waals surface area contributed by atoms with Crippen LogP contribution < -0.4 is 9.47 Å². The Morgan fingerprint density at radius 3 is 2.68 bits per heavy atom. The van der Waals surface area contributed by atoms with Crippen molar-refractivity contribution in [2.75, 3.05) is 6.61 Å². The van der Waals surface area contributed by atoms with E-state index >= 15 is 0 Å². The smallest absolute Gasteiger partial charge is 0.349 e. The zero-order valence-electron chi connectivity index (χ0n) is 11.7. The summed E-state index contributed by atoms with van der Waals surface area (Å²) in [7, 11) is 0. The van der Waals surface area contributed by atoms with Gasteiger partial charge >= 0.3 is 5.97 Å². The molecule has 2 aromatic carbocycles. The lowest BCUT2D eigenvalue weighted by Crippen LogP contribution is -2.17. The van der Waals surface area contributed by atoms with Gasteiger partial charge in [0.15, 0.2) is 18.1 Å². The predicted octanol–water partition coefficient (Wildman–Crippen LogP) is 3.77. The third kappa shape index (κ3) is 3.38. The Labute approximate surface area is 131 Å². The highest BCUT2D eigenvalue weighted by atomic mass is 35.5. The van der Waals surface area contributed by atoms with E-state index < -0.39 is 5.97 Å². The number of ether oxygens (including phenoxy) is 2. The van der Waals surface area contributed by atoms with Crippen LogP contribution in [0.4, 0.5) is 0 Å². The van der Waals surface area contributed by atoms with Gasteiger partial charge in [-0.1, -0.05) is 11.6 Å². The molecule has 6 heteroatoms. The minimum atomic E-state index is -0.509. The van der Waals surface area contributed by atoms with Crippen LogP contribution in [0.15, 0.2) is 46.9 Å². The molecular formula is C16H12ClNO4. The first-order valence-corrected chi connectivity index (χ1v) is 6.94. The van der Waals surface area contributed by atoms with Gasteiger partial charge in [0.1, 0.15) is 17.0 Å². The van der Waals surface area contributed by atoms with E-state index in [-0.39, 0.29) is 6.61 Å². The Morgan fingerprint density at radius 1 is 1.18 bits per heavy atom. The van der Waals surface area contributed by atoms with Gasteiger partial charge in [0.25, 0.3) is 0 Å². The largest absolute Gasteiger partial charge is 0.482 e. The molecule has 3 aromatic rings. The van der Waals surface area contributed by atoms with Crippen molar-refractivity contribution < 1.29 is 18.7 Å². The molecule has 3 rings (SSSR count). The molecule has 0 spiro atoms. The van der Waals surface area contributed by atoms with Crippen molar-refractivity contribution in [1.29, 1.82) is 0 Å². The normalized spacial score (nSPS) is 10.6. The van der Waals surface area contributed by atoms with Gasteiger partial charge < -0.3 is 13.9 Å². The van der Waals surface area contributed by atoms with Gasteiger partial charge in [-0.25, -0.2) is 9.78 Å². The zero-order chi connectivity index (χ0) is 15.5. The van der Waals surface area contributed by atoms with Crippen LogP contribution in [0, 0.1) is 6.92 Å². The summed E-state index contributed by atoms with van der Waals surface area (Å²) in [6.45, 7) is 1.56. The van der Waals surface area contributed by atoms with Crippen molar-refractivity contribution >= 4 is 28.7 Å². The van der Waals surface area contributed by atoms with E-state index in [9.17, 15) is 4.79 Å². The molecule has 0 saturated carbocycles. The maximum Gasteiger partial charge on any atom is 0.349 e. The first-order valence-electron chi connectivity index (χ1n) is 6.56. The van der Waals surface area contributed by atoms with Gasteiger partial charge in [-0.05, 0) is 36.4 Å². The summed E-state index contributed by atoms with van der Waals surface area (Å²) in [6.07, 6.45) is 0. The summed E-state index contributed by atoms with van der Waals surface area (Å²) >= 11 is 5.77. The molecular weight excluding hydrogens is 306 g/mol. The number of benzene rings is 2. The molecule has 0 fully saturated rings. The molecule has 0 aliphatic rings. The SMILES string of the molecule is Cc1nc2ccc(OC(=O)COc3ccc(Cl)cc3)cc2o1. The molecule has 0 amide bonds. The monoisotopic (exact) mass is 317 g/mol. The van der Waals surface area contributed by atoms with Crippen molar-refractivity contribution in [3.63, 3.8) is 0 Å². The molecule has 5 nitrogen and oxygen atoms in total. The summed E-state index contributed by atoms with van der Waals surface area (Å²) in [6, 6.07) is 11.7. The fraction of sp³-hybridized carbons (Fsp3) is 0.125. The summed E-state index contributed by atoms with van der Waals surface area (Å²) in [5, 5.41) is 0.602. The summed E-state index contributed by atoms with van der Waals surface area (Å²) in [5.74, 6) is 0.978. The lowest BCUT2D eigenvalue weighted by molar-refractivity contribution is -0.136. The molecule has 112 valence electrons. The number of fused-ring (bicyclic) bond motifs is 1. The van der Waals surface area contributed by atoms with Gasteiger partial charge in [-0.3, -0.25) is 0 Å². The quantitative estimate of drug-likeness (QED) is 0.541. The second kappa shape index (κ2) is 6.07. The van der Waals surface area contributed by atoms with Crippen molar-refractivity contribution in [2.24, 2.45) is 0 Å². The van der Waals surface area contributed by atoms with Gasteiger partial charge in [0, 0.05) is 18.0 Å². The first kappa shape index (κ1) is 14.4. The summed E-state index contributed by atoms with van der Waals surface area (Å²) in [5.41, 5.74) is 1.29. The van der Waals surface area contributed by atoms with Crippen molar-refractivity contribution in [3.8, 4) is 11.5 Å². The van der Waals surface area contributed by atoms with Crippen molar-refractivity contribution in [3.05, 3.63) is 53.4 Å². The summed E-state index contributed by atoms with van der Waals surface area (Å²) < 4.78 is 15.9. The average Bonchev–Trinajstić information content (AvgIpc) is 2.86. The van der Waals surface area contributed by atoms with E-state index in [1.165, 1.54) is 0 Å². The number of oxazole rings is 1. The Hall–Kier alpha value is -2.53. The van der Waals surface area contributed by atoms with E-state index in [1.807, 2.05) is 0 Å². The topological polar surface area (TPSA) is 61.6 Å². The lowest BCUT2D eigenvalue weighted by atomic mass is 10.3. The standard InChI is InChI=1S/C16H12ClNO4/c1-10-18-14-7-6-13(8-15(14)21-10)22-16(19)9-20-12-4-2-11(17)3-5-12/h2-8H,9H2,1H3. The number of carbonyl (C=O) groups excluding carboxylic acids is 1. The third-order valence-corrected chi connectivity index (χ3v) is 3.12. The van der Waals surface area contributed by atoms with E-state index in [0.717, 1.165) is 5.52 Å². The molecule has 1 heterocycles. The molecule has 0 atom stereocenters. The Bertz CT molecular complexity index is 811. The van der Waals surface area contributed by atoms with E-state index in [1.54, 1.807) is 49.4 Å². The predicted molar refractivity (Wildman–Crippen MR) is 81.3 cm³/mol. The fourth-order valence-corrected chi connectivity index (χ4v) is 2.04. The average molecular weight is 318 g/mol. The van der Waals surface area contributed by atoms with Crippen molar-refractivity contribution in [1.82, 2.24) is 4.98 Å². The Morgan fingerprint density at radius 2 is 1.91 bits per heavy atom. The number of halogens is 1. The maximum atomic E-state index is 11.8. The zero-order valence-corrected chi connectivity index (χ0v) is 12.5. The number of rotatable bonds is 4. The van der Waals surface area contributed by atoms with E-state index in [0.29, 0.717) is 28.0 Å². The second-order valence-corrected chi connectivity index (χ2v) is 5.02. The first-order chi connectivity index (χ1) is 10.6. The van der Waals surface area contributed by atoms with Crippen LogP contribution in [0.1, 0.15) is 5.89 Å². The highest BCUT2D eigenvalue weighted by Gasteiger charge is 2.09. The van der Waals surface area contributed by atoms with Crippen molar-refractivity contribution in [2.45, 2.75) is 6.92 Å².